The molecule has 0 spiro atoms. The van der Waals surface area contributed by atoms with Gasteiger partial charge < -0.3 is 9.52 Å². The van der Waals surface area contributed by atoms with Crippen LogP contribution in [0.1, 0.15) is 21.9 Å². The molecular weight excluding hydrogens is 275 g/mol. The van der Waals surface area contributed by atoms with E-state index in [0.29, 0.717) is 5.56 Å². The third-order valence-corrected chi connectivity index (χ3v) is 2.74. The van der Waals surface area contributed by atoms with Gasteiger partial charge in [0.2, 0.25) is 5.89 Å². The zero-order valence-corrected chi connectivity index (χ0v) is 10.4. The lowest BCUT2D eigenvalue weighted by atomic mass is 10.2. The zero-order chi connectivity index (χ0) is 14.9. The molecule has 0 amide bonds. The first-order valence-electron chi connectivity index (χ1n) is 5.66. The first-order chi connectivity index (χ1) is 9.30. The number of hydrogen-bond donors (Lipinski definition) is 0. The molecule has 0 radical (unpaired) electrons. The second-order valence-corrected chi connectivity index (χ2v) is 4.16. The van der Waals surface area contributed by atoms with Crippen LogP contribution >= 0.6 is 0 Å². The van der Waals surface area contributed by atoms with Crippen LogP contribution in [-0.2, 0) is 6.54 Å². The van der Waals surface area contributed by atoms with Gasteiger partial charge in [0.25, 0.3) is 5.69 Å². The molecule has 2 rings (SSSR count). The summed E-state index contributed by atoms with van der Waals surface area (Å²) in [5.74, 6) is -3.53. The monoisotopic (exact) mass is 285 g/mol. The standard InChI is InChI=1S/C13H10F3NO3/c1-8-17(7-9-5-3-2-4-6-9)10(12(19)20-8)11(18)13(14,15)16/h2-6H,7H2,1H3. The van der Waals surface area contributed by atoms with E-state index in [2.05, 4.69) is 4.42 Å². The lowest BCUT2D eigenvalue weighted by Crippen LogP contribution is -2.44. The Morgan fingerprint density at radius 1 is 1.30 bits per heavy atom. The second-order valence-electron chi connectivity index (χ2n) is 4.16. The third-order valence-electron chi connectivity index (χ3n) is 2.74. The van der Waals surface area contributed by atoms with Crippen molar-refractivity contribution in [2.45, 2.75) is 19.6 Å². The van der Waals surface area contributed by atoms with Crippen molar-refractivity contribution < 1.29 is 32.1 Å². The first kappa shape index (κ1) is 14.1. The van der Waals surface area contributed by atoms with Gasteiger partial charge in [-0.3, -0.25) is 4.79 Å². The van der Waals surface area contributed by atoms with Crippen LogP contribution in [0.25, 0.3) is 0 Å². The number of alkyl halides is 3. The van der Waals surface area contributed by atoms with E-state index in [1.54, 1.807) is 30.3 Å². The fourth-order valence-corrected chi connectivity index (χ4v) is 1.81. The maximum Gasteiger partial charge on any atom is 0.461 e. The number of ketones is 1. The largest absolute Gasteiger partial charge is 0.540 e. The van der Waals surface area contributed by atoms with Crippen LogP contribution in [0.3, 0.4) is 0 Å². The van der Waals surface area contributed by atoms with Crippen molar-refractivity contribution in [3.05, 3.63) is 47.5 Å². The third kappa shape index (κ3) is 2.66. The molecule has 20 heavy (non-hydrogen) atoms. The minimum absolute atomic E-state index is 0.0461. The molecule has 0 aliphatic carbocycles. The number of carbonyl (C=O) groups is 1. The number of oxazole rings is 1. The highest BCUT2D eigenvalue weighted by atomic mass is 19.4. The quantitative estimate of drug-likeness (QED) is 0.637. The summed E-state index contributed by atoms with van der Waals surface area (Å²) in [7, 11) is 0. The summed E-state index contributed by atoms with van der Waals surface area (Å²) in [6.45, 7) is 1.28. The summed E-state index contributed by atoms with van der Waals surface area (Å²) in [6.07, 6.45) is -5.12. The number of Topliss-reactive ketones (excluding diaryl/α,β-unsaturated/α-hetero) is 1. The molecule has 0 aliphatic heterocycles. The molecule has 0 unspecified atom stereocenters. The number of aryl methyl sites for hydroxylation is 1. The number of aromatic nitrogens is 1. The van der Waals surface area contributed by atoms with Crippen LogP contribution in [0.4, 0.5) is 13.2 Å². The van der Waals surface area contributed by atoms with E-state index in [1.807, 2.05) is 0 Å². The minimum Gasteiger partial charge on any atom is -0.540 e. The summed E-state index contributed by atoms with van der Waals surface area (Å²) >= 11 is 0. The Balaban J connectivity index is 2.46. The molecule has 1 aromatic heterocycles. The van der Waals surface area contributed by atoms with Crippen molar-refractivity contribution in [2.75, 3.05) is 0 Å². The topological polar surface area (TPSA) is 57.2 Å². The van der Waals surface area contributed by atoms with Crippen molar-refractivity contribution in [2.24, 2.45) is 0 Å². The molecule has 0 fully saturated rings. The van der Waals surface area contributed by atoms with E-state index in [0.717, 1.165) is 4.57 Å². The molecule has 7 heteroatoms. The Morgan fingerprint density at radius 3 is 2.45 bits per heavy atom. The highest BCUT2D eigenvalue weighted by Gasteiger charge is 2.46. The average Bonchev–Trinajstić information content (AvgIpc) is 2.63. The molecule has 1 aromatic carbocycles. The smallest absolute Gasteiger partial charge is 0.461 e. The Kier molecular flexibility index (Phi) is 3.52. The van der Waals surface area contributed by atoms with Crippen molar-refractivity contribution in [1.82, 2.24) is 0 Å². The van der Waals surface area contributed by atoms with E-state index < -0.39 is 23.6 Å². The molecule has 0 N–H and O–H groups in total. The summed E-state index contributed by atoms with van der Waals surface area (Å²) in [6, 6.07) is 8.50. The van der Waals surface area contributed by atoms with Gasteiger partial charge in [0.15, 0.2) is 6.54 Å². The Labute approximate surface area is 112 Å². The molecule has 0 saturated heterocycles. The summed E-state index contributed by atoms with van der Waals surface area (Å²) in [4.78, 5) is 11.3. The van der Waals surface area contributed by atoms with Gasteiger partial charge in [-0.2, -0.15) is 17.7 Å². The van der Waals surface area contributed by atoms with Gasteiger partial charge >= 0.3 is 12.0 Å². The van der Waals surface area contributed by atoms with Gasteiger partial charge in [-0.05, 0) is 0 Å². The van der Waals surface area contributed by atoms with Crippen molar-refractivity contribution >= 4 is 5.78 Å². The van der Waals surface area contributed by atoms with Gasteiger partial charge in [0.05, 0.1) is 0 Å². The van der Waals surface area contributed by atoms with E-state index in [9.17, 15) is 23.1 Å². The summed E-state index contributed by atoms with van der Waals surface area (Å²) in [5, 5.41) is 11.4. The number of rotatable bonds is 3. The predicted octanol–water partition coefficient (Wildman–Crippen LogP) is 1.74. The van der Waals surface area contributed by atoms with Gasteiger partial charge in [-0.25, -0.2) is 0 Å². The maximum atomic E-state index is 12.5. The molecule has 0 aliphatic rings. The average molecular weight is 285 g/mol. The number of carbonyl (C=O) groups excluding carboxylic acids is 1. The number of benzene rings is 1. The predicted molar refractivity (Wildman–Crippen MR) is 59.0 cm³/mol. The van der Waals surface area contributed by atoms with Gasteiger partial charge in [0.1, 0.15) is 5.95 Å². The number of nitrogens with zero attached hydrogens (tertiary/aromatic N) is 1. The van der Waals surface area contributed by atoms with E-state index >= 15 is 0 Å². The number of halogens is 3. The van der Waals surface area contributed by atoms with Crippen molar-refractivity contribution in [3.63, 3.8) is 0 Å². The SMILES string of the molecule is Cc1oc([O-])c(C(=O)C(F)(F)F)[n+]1Cc1ccccc1. The molecule has 0 saturated carbocycles. The maximum absolute atomic E-state index is 12.5. The summed E-state index contributed by atoms with van der Waals surface area (Å²) < 4.78 is 43.1. The van der Waals surface area contributed by atoms with Crippen LogP contribution in [0.2, 0.25) is 0 Å². The highest BCUT2D eigenvalue weighted by molar-refractivity contribution is 5.98. The van der Waals surface area contributed by atoms with Gasteiger partial charge in [-0.15, -0.1) is 0 Å². The fraction of sp³-hybridized carbons (Fsp3) is 0.231. The van der Waals surface area contributed by atoms with Crippen LogP contribution in [0.15, 0.2) is 34.7 Å². The lowest BCUT2D eigenvalue weighted by molar-refractivity contribution is -0.700. The Hall–Kier alpha value is -2.31. The lowest BCUT2D eigenvalue weighted by Gasteiger charge is -2.04. The second kappa shape index (κ2) is 4.99. The first-order valence-corrected chi connectivity index (χ1v) is 5.66. The van der Waals surface area contributed by atoms with E-state index in [4.69, 9.17) is 0 Å². The van der Waals surface area contributed by atoms with E-state index in [-0.39, 0.29) is 12.4 Å². The normalized spacial score (nSPS) is 11.6. The molecule has 0 bridgehead atoms. The van der Waals surface area contributed by atoms with E-state index in [1.165, 1.54) is 6.92 Å². The van der Waals surface area contributed by atoms with Crippen LogP contribution in [0.5, 0.6) is 5.95 Å². The molecule has 106 valence electrons. The van der Waals surface area contributed by atoms with Crippen molar-refractivity contribution in [1.29, 1.82) is 0 Å². The molecule has 1 heterocycles. The summed E-state index contributed by atoms with van der Waals surface area (Å²) in [5.41, 5.74) is -0.350. The van der Waals surface area contributed by atoms with Crippen LogP contribution < -0.4 is 9.67 Å². The van der Waals surface area contributed by atoms with Gasteiger partial charge in [-0.1, -0.05) is 30.3 Å². The molecule has 0 atom stereocenters. The minimum atomic E-state index is -5.12. The Morgan fingerprint density at radius 2 is 1.90 bits per heavy atom. The highest BCUT2D eigenvalue weighted by Crippen LogP contribution is 2.25. The fourth-order valence-electron chi connectivity index (χ4n) is 1.81. The van der Waals surface area contributed by atoms with Crippen LogP contribution in [-0.4, -0.2) is 12.0 Å². The number of hydrogen-bond acceptors (Lipinski definition) is 3. The Bertz CT molecular complexity index is 632. The molecule has 2 aromatic rings. The van der Waals surface area contributed by atoms with Gasteiger partial charge in [0, 0.05) is 12.5 Å². The van der Waals surface area contributed by atoms with Crippen LogP contribution in [0, 0.1) is 6.92 Å². The zero-order valence-electron chi connectivity index (χ0n) is 10.4. The molecule has 4 nitrogen and oxygen atoms in total. The van der Waals surface area contributed by atoms with Crippen molar-refractivity contribution in [3.8, 4) is 5.95 Å². The molecular formula is C13H10F3NO3.